The molecule has 0 bridgehead atoms. The smallest absolute Gasteiger partial charge is 0.124 e. The molecule has 0 aliphatic rings. The summed E-state index contributed by atoms with van der Waals surface area (Å²) in [6.45, 7) is 2.25. The Morgan fingerprint density at radius 3 is 2.73 bits per heavy atom. The molecule has 1 aromatic carbocycles. The molecule has 2 N–H and O–H groups in total. The van der Waals surface area contributed by atoms with Gasteiger partial charge >= 0.3 is 0 Å². The van der Waals surface area contributed by atoms with Crippen molar-refractivity contribution in [1.82, 2.24) is 0 Å². The van der Waals surface area contributed by atoms with Crippen LogP contribution in [0.5, 0.6) is 5.75 Å². The van der Waals surface area contributed by atoms with Gasteiger partial charge in [-0.05, 0) is 36.6 Å². The van der Waals surface area contributed by atoms with Gasteiger partial charge in [-0.3, -0.25) is 0 Å². The number of methoxy groups -OCH3 is 1. The lowest BCUT2D eigenvalue weighted by Crippen LogP contribution is -2.05. The van der Waals surface area contributed by atoms with Crippen LogP contribution in [0.15, 0.2) is 18.2 Å². The number of nitrogens with two attached hydrogens (primary N) is 1. The van der Waals surface area contributed by atoms with Crippen molar-refractivity contribution in [2.75, 3.05) is 13.7 Å². The first-order valence-electron chi connectivity index (χ1n) is 5.15. The Morgan fingerprint density at radius 2 is 2.20 bits per heavy atom. The molecule has 1 atom stereocenters. The molecule has 2 nitrogen and oxygen atoms in total. The lowest BCUT2D eigenvalue weighted by Gasteiger charge is -2.13. The average Bonchev–Trinajstić information content (AvgIpc) is 2.28. The third kappa shape index (κ3) is 2.93. The second kappa shape index (κ2) is 5.71. The fraction of sp³-hybridized carbons (Fsp3) is 0.500. The third-order valence-electron chi connectivity index (χ3n) is 2.62. The molecule has 15 heavy (non-hydrogen) atoms. The number of benzene rings is 1. The minimum absolute atomic E-state index is 0.367. The summed E-state index contributed by atoms with van der Waals surface area (Å²) in [6.07, 6.45) is 0.915. The molecule has 1 aromatic rings. The van der Waals surface area contributed by atoms with Crippen molar-refractivity contribution >= 4 is 0 Å². The molecule has 84 valence electrons. The van der Waals surface area contributed by atoms with E-state index in [1.165, 1.54) is 0 Å². The first-order chi connectivity index (χ1) is 7.22. The van der Waals surface area contributed by atoms with Gasteiger partial charge in [-0.1, -0.05) is 13.0 Å². The molecule has 0 amide bonds. The zero-order chi connectivity index (χ0) is 11.3. The SMILES string of the molecule is COc1ccc(C(C)CCN)cc1CF. The first kappa shape index (κ1) is 12.0. The molecule has 0 aliphatic carbocycles. The maximum absolute atomic E-state index is 12.7. The van der Waals surface area contributed by atoms with Crippen LogP contribution in [0.2, 0.25) is 0 Å². The fourth-order valence-electron chi connectivity index (χ4n) is 1.63. The largest absolute Gasteiger partial charge is 0.496 e. The van der Waals surface area contributed by atoms with Gasteiger partial charge in [-0.2, -0.15) is 0 Å². The maximum atomic E-state index is 12.7. The van der Waals surface area contributed by atoms with Crippen LogP contribution in [0, 0.1) is 0 Å². The molecule has 0 aliphatic heterocycles. The van der Waals surface area contributed by atoms with E-state index in [0.717, 1.165) is 12.0 Å². The first-order valence-corrected chi connectivity index (χ1v) is 5.15. The average molecular weight is 211 g/mol. The van der Waals surface area contributed by atoms with Crippen LogP contribution < -0.4 is 10.5 Å². The van der Waals surface area contributed by atoms with Gasteiger partial charge in [0.1, 0.15) is 12.4 Å². The fourth-order valence-corrected chi connectivity index (χ4v) is 1.63. The second-order valence-electron chi connectivity index (χ2n) is 3.68. The Balaban J connectivity index is 2.92. The van der Waals surface area contributed by atoms with Crippen LogP contribution >= 0.6 is 0 Å². The highest BCUT2D eigenvalue weighted by atomic mass is 19.1. The Bertz CT molecular complexity index is 314. The molecule has 0 spiro atoms. The predicted octanol–water partition coefficient (Wildman–Crippen LogP) is 2.62. The van der Waals surface area contributed by atoms with Crippen LogP contribution in [0.1, 0.15) is 30.4 Å². The summed E-state index contributed by atoms with van der Waals surface area (Å²) in [6, 6.07) is 5.65. The lowest BCUT2D eigenvalue weighted by atomic mass is 9.96. The van der Waals surface area contributed by atoms with Gasteiger partial charge < -0.3 is 10.5 Å². The molecule has 0 radical (unpaired) electrons. The van der Waals surface area contributed by atoms with E-state index in [1.807, 2.05) is 18.2 Å². The number of alkyl halides is 1. The van der Waals surface area contributed by atoms with Crippen LogP contribution in [-0.4, -0.2) is 13.7 Å². The number of hydrogen-bond acceptors (Lipinski definition) is 2. The normalized spacial score (nSPS) is 12.5. The van der Waals surface area contributed by atoms with E-state index in [9.17, 15) is 4.39 Å². The molecule has 0 saturated carbocycles. The molecule has 0 aromatic heterocycles. The molecule has 0 heterocycles. The van der Waals surface area contributed by atoms with Crippen LogP contribution in [-0.2, 0) is 6.67 Å². The van der Waals surface area contributed by atoms with Crippen molar-refractivity contribution in [3.05, 3.63) is 29.3 Å². The number of halogens is 1. The van der Waals surface area contributed by atoms with Crippen molar-refractivity contribution in [1.29, 1.82) is 0 Å². The molecular formula is C12H18FNO. The summed E-state index contributed by atoms with van der Waals surface area (Å²) in [7, 11) is 1.55. The summed E-state index contributed by atoms with van der Waals surface area (Å²) in [4.78, 5) is 0. The Labute approximate surface area is 90.2 Å². The summed E-state index contributed by atoms with van der Waals surface area (Å²) < 4.78 is 17.8. The van der Waals surface area contributed by atoms with Crippen LogP contribution in [0.4, 0.5) is 4.39 Å². The van der Waals surface area contributed by atoms with E-state index in [4.69, 9.17) is 10.5 Å². The minimum Gasteiger partial charge on any atom is -0.496 e. The quantitative estimate of drug-likeness (QED) is 0.812. The van der Waals surface area contributed by atoms with Crippen molar-refractivity contribution in [3.8, 4) is 5.75 Å². The number of hydrogen-bond donors (Lipinski definition) is 1. The van der Waals surface area contributed by atoms with Crippen molar-refractivity contribution in [2.45, 2.75) is 25.9 Å². The van der Waals surface area contributed by atoms with E-state index in [-0.39, 0.29) is 0 Å². The van der Waals surface area contributed by atoms with Crippen LogP contribution in [0.25, 0.3) is 0 Å². The topological polar surface area (TPSA) is 35.2 Å². The van der Waals surface area contributed by atoms with Gasteiger partial charge in [0.15, 0.2) is 0 Å². The van der Waals surface area contributed by atoms with Gasteiger partial charge in [0.2, 0.25) is 0 Å². The summed E-state index contributed by atoms with van der Waals surface area (Å²) >= 11 is 0. The predicted molar refractivity (Wildman–Crippen MR) is 59.9 cm³/mol. The molecule has 3 heteroatoms. The Hall–Kier alpha value is -1.09. The Morgan fingerprint density at radius 1 is 1.47 bits per heavy atom. The standard InChI is InChI=1S/C12H18FNO/c1-9(5-6-14)10-3-4-12(15-2)11(7-10)8-13/h3-4,7,9H,5-6,8,14H2,1-2H3. The van der Waals surface area contributed by atoms with E-state index in [2.05, 4.69) is 6.92 Å². The highest BCUT2D eigenvalue weighted by Gasteiger charge is 2.08. The maximum Gasteiger partial charge on any atom is 0.124 e. The minimum atomic E-state index is -0.494. The van der Waals surface area contributed by atoms with Gasteiger partial charge in [-0.15, -0.1) is 0 Å². The monoisotopic (exact) mass is 211 g/mol. The molecular weight excluding hydrogens is 193 g/mol. The van der Waals surface area contributed by atoms with Gasteiger partial charge in [0.05, 0.1) is 7.11 Å². The van der Waals surface area contributed by atoms with Crippen molar-refractivity contribution < 1.29 is 9.13 Å². The number of ether oxygens (including phenoxy) is 1. The van der Waals surface area contributed by atoms with Crippen molar-refractivity contribution in [3.63, 3.8) is 0 Å². The molecule has 1 rings (SSSR count). The van der Waals surface area contributed by atoms with Gasteiger partial charge in [-0.25, -0.2) is 4.39 Å². The summed E-state index contributed by atoms with van der Waals surface area (Å²) in [5, 5.41) is 0. The van der Waals surface area contributed by atoms with E-state index in [1.54, 1.807) is 7.11 Å². The molecule has 0 saturated heterocycles. The summed E-state index contributed by atoms with van der Waals surface area (Å²) in [5.74, 6) is 0.979. The van der Waals surface area contributed by atoms with Crippen molar-refractivity contribution in [2.24, 2.45) is 5.73 Å². The van der Waals surface area contributed by atoms with Gasteiger partial charge in [0.25, 0.3) is 0 Å². The lowest BCUT2D eigenvalue weighted by molar-refractivity contribution is 0.393. The highest BCUT2D eigenvalue weighted by Crippen LogP contribution is 2.26. The van der Waals surface area contributed by atoms with Gasteiger partial charge in [0, 0.05) is 5.56 Å². The zero-order valence-electron chi connectivity index (χ0n) is 9.29. The van der Waals surface area contributed by atoms with E-state index in [0.29, 0.717) is 23.8 Å². The third-order valence-corrected chi connectivity index (χ3v) is 2.62. The van der Waals surface area contributed by atoms with Crippen LogP contribution in [0.3, 0.4) is 0 Å². The summed E-state index contributed by atoms with van der Waals surface area (Å²) in [5.41, 5.74) is 7.22. The Kier molecular flexibility index (Phi) is 4.56. The zero-order valence-corrected chi connectivity index (χ0v) is 9.29. The second-order valence-corrected chi connectivity index (χ2v) is 3.68. The highest BCUT2D eigenvalue weighted by molar-refractivity contribution is 5.38. The molecule has 0 fully saturated rings. The van der Waals surface area contributed by atoms with E-state index >= 15 is 0 Å². The molecule has 1 unspecified atom stereocenters. The van der Waals surface area contributed by atoms with E-state index < -0.39 is 6.67 Å². The number of rotatable bonds is 5.